The molecular weight excluding hydrogens is 322 g/mol. The SMILES string of the molecule is CCCCCC1=C2CN(S(=O)(=O)c3ccc(C)cc3)C[C@H]2CC1=O. The maximum absolute atomic E-state index is 12.8. The molecule has 1 saturated heterocycles. The Hall–Kier alpha value is -1.46. The van der Waals surface area contributed by atoms with Crippen LogP contribution in [0.5, 0.6) is 0 Å². The van der Waals surface area contributed by atoms with Gasteiger partial charge < -0.3 is 0 Å². The Bertz CT molecular complexity index is 762. The monoisotopic (exact) mass is 347 g/mol. The Balaban J connectivity index is 1.81. The third-order valence-corrected chi connectivity index (χ3v) is 6.93. The van der Waals surface area contributed by atoms with Gasteiger partial charge in [-0.25, -0.2) is 8.42 Å². The van der Waals surface area contributed by atoms with Gasteiger partial charge in [-0.05, 0) is 43.0 Å². The van der Waals surface area contributed by atoms with E-state index in [9.17, 15) is 13.2 Å². The van der Waals surface area contributed by atoms with Gasteiger partial charge in [-0.2, -0.15) is 4.31 Å². The van der Waals surface area contributed by atoms with Crippen molar-refractivity contribution in [1.29, 1.82) is 0 Å². The van der Waals surface area contributed by atoms with E-state index in [1.807, 2.05) is 19.1 Å². The molecule has 24 heavy (non-hydrogen) atoms. The third-order valence-electron chi connectivity index (χ3n) is 5.11. The van der Waals surface area contributed by atoms with Crippen LogP contribution in [0, 0.1) is 12.8 Å². The highest BCUT2D eigenvalue weighted by atomic mass is 32.2. The first-order chi connectivity index (χ1) is 11.4. The lowest BCUT2D eigenvalue weighted by atomic mass is 10.0. The van der Waals surface area contributed by atoms with Crippen molar-refractivity contribution >= 4 is 15.8 Å². The van der Waals surface area contributed by atoms with Gasteiger partial charge >= 0.3 is 0 Å². The Morgan fingerprint density at radius 1 is 1.17 bits per heavy atom. The van der Waals surface area contributed by atoms with E-state index in [1.54, 1.807) is 16.4 Å². The quantitative estimate of drug-likeness (QED) is 0.741. The van der Waals surface area contributed by atoms with Crippen LogP contribution in [0.25, 0.3) is 0 Å². The number of ketones is 1. The number of carbonyl (C=O) groups excluding carboxylic acids is 1. The van der Waals surface area contributed by atoms with E-state index in [1.165, 1.54) is 0 Å². The van der Waals surface area contributed by atoms with Gasteiger partial charge in [0, 0.05) is 25.4 Å². The summed E-state index contributed by atoms with van der Waals surface area (Å²) < 4.78 is 27.2. The topological polar surface area (TPSA) is 54.5 Å². The van der Waals surface area contributed by atoms with Crippen LogP contribution in [0.1, 0.15) is 44.6 Å². The number of aryl methyl sites for hydroxylation is 1. The van der Waals surface area contributed by atoms with Crippen LogP contribution < -0.4 is 0 Å². The molecule has 0 radical (unpaired) electrons. The summed E-state index contributed by atoms with van der Waals surface area (Å²) in [7, 11) is -3.48. The summed E-state index contributed by atoms with van der Waals surface area (Å²) in [6.07, 6.45) is 4.53. The van der Waals surface area contributed by atoms with Crippen LogP contribution in [0.2, 0.25) is 0 Å². The Labute approximate surface area is 144 Å². The molecule has 1 aliphatic heterocycles. The van der Waals surface area contributed by atoms with Crippen LogP contribution >= 0.6 is 0 Å². The molecule has 4 nitrogen and oxygen atoms in total. The first-order valence-corrected chi connectivity index (χ1v) is 10.2. The molecule has 0 unspecified atom stereocenters. The lowest BCUT2D eigenvalue weighted by molar-refractivity contribution is -0.115. The second-order valence-corrected chi connectivity index (χ2v) is 8.83. The fourth-order valence-corrected chi connectivity index (χ4v) is 5.15. The first-order valence-electron chi connectivity index (χ1n) is 8.75. The fraction of sp³-hybridized carbons (Fsp3) is 0.526. The fourth-order valence-electron chi connectivity index (χ4n) is 3.69. The van der Waals surface area contributed by atoms with Crippen molar-refractivity contribution in [1.82, 2.24) is 4.31 Å². The second-order valence-electron chi connectivity index (χ2n) is 6.90. The molecule has 0 saturated carbocycles. The molecule has 130 valence electrons. The van der Waals surface area contributed by atoms with E-state index in [0.29, 0.717) is 24.4 Å². The number of nitrogens with zero attached hydrogens (tertiary/aromatic N) is 1. The highest BCUT2D eigenvalue weighted by Gasteiger charge is 2.42. The van der Waals surface area contributed by atoms with Crippen molar-refractivity contribution in [3.63, 3.8) is 0 Å². The van der Waals surface area contributed by atoms with Gasteiger partial charge in [-0.15, -0.1) is 0 Å². The van der Waals surface area contributed by atoms with Gasteiger partial charge in [-0.3, -0.25) is 4.79 Å². The molecule has 1 atom stereocenters. The van der Waals surface area contributed by atoms with Gasteiger partial charge in [0.2, 0.25) is 10.0 Å². The molecule has 0 N–H and O–H groups in total. The summed E-state index contributed by atoms with van der Waals surface area (Å²) in [4.78, 5) is 12.6. The minimum Gasteiger partial charge on any atom is -0.295 e. The lowest BCUT2D eigenvalue weighted by Crippen LogP contribution is -2.29. The van der Waals surface area contributed by atoms with Crippen LogP contribution in [0.15, 0.2) is 40.3 Å². The van der Waals surface area contributed by atoms with Gasteiger partial charge in [0.15, 0.2) is 5.78 Å². The zero-order valence-electron chi connectivity index (χ0n) is 14.4. The minimum absolute atomic E-state index is 0.0920. The summed E-state index contributed by atoms with van der Waals surface area (Å²) >= 11 is 0. The van der Waals surface area contributed by atoms with Crippen molar-refractivity contribution in [3.8, 4) is 0 Å². The largest absolute Gasteiger partial charge is 0.295 e. The van der Waals surface area contributed by atoms with Gasteiger partial charge in [-0.1, -0.05) is 37.5 Å². The number of fused-ring (bicyclic) bond motifs is 1. The molecule has 1 aromatic rings. The molecule has 1 aliphatic carbocycles. The molecule has 3 rings (SSSR count). The predicted octanol–water partition coefficient (Wildman–Crippen LogP) is 3.47. The summed E-state index contributed by atoms with van der Waals surface area (Å²) in [6.45, 7) is 4.90. The number of unbranched alkanes of at least 4 members (excludes halogenated alkanes) is 2. The molecule has 5 heteroatoms. The first kappa shape index (κ1) is 17.4. The molecule has 0 amide bonds. The van der Waals surface area contributed by atoms with E-state index in [2.05, 4.69) is 6.92 Å². The zero-order chi connectivity index (χ0) is 17.3. The van der Waals surface area contributed by atoms with Crippen molar-refractivity contribution in [2.24, 2.45) is 5.92 Å². The highest BCUT2D eigenvalue weighted by Crippen LogP contribution is 2.39. The number of carbonyl (C=O) groups is 1. The zero-order valence-corrected chi connectivity index (χ0v) is 15.2. The van der Waals surface area contributed by atoms with Crippen LogP contribution in [0.3, 0.4) is 0 Å². The van der Waals surface area contributed by atoms with Gasteiger partial charge in [0.05, 0.1) is 4.90 Å². The summed E-state index contributed by atoms with van der Waals surface area (Å²) in [5.74, 6) is 0.327. The van der Waals surface area contributed by atoms with E-state index in [-0.39, 0.29) is 11.7 Å². The normalized spacial score (nSPS) is 21.6. The molecule has 1 heterocycles. The molecule has 0 aromatic heterocycles. The van der Waals surface area contributed by atoms with E-state index in [0.717, 1.165) is 42.4 Å². The van der Waals surface area contributed by atoms with Crippen LogP contribution in [0.4, 0.5) is 0 Å². The number of hydrogen-bond acceptors (Lipinski definition) is 3. The van der Waals surface area contributed by atoms with Crippen molar-refractivity contribution in [3.05, 3.63) is 41.0 Å². The average molecular weight is 347 g/mol. The van der Waals surface area contributed by atoms with Crippen molar-refractivity contribution in [2.75, 3.05) is 13.1 Å². The predicted molar refractivity (Wildman–Crippen MR) is 94.2 cm³/mol. The molecule has 0 bridgehead atoms. The third kappa shape index (κ3) is 3.20. The Morgan fingerprint density at radius 3 is 2.54 bits per heavy atom. The molecule has 1 fully saturated rings. The maximum Gasteiger partial charge on any atom is 0.243 e. The summed E-state index contributed by atoms with van der Waals surface area (Å²) in [5.41, 5.74) is 3.03. The molecule has 1 aromatic carbocycles. The average Bonchev–Trinajstić information content (AvgIpc) is 3.07. The molecule has 2 aliphatic rings. The Kier molecular flexibility index (Phi) is 4.92. The number of sulfonamides is 1. The smallest absolute Gasteiger partial charge is 0.243 e. The summed E-state index contributed by atoms with van der Waals surface area (Å²) in [6, 6.07) is 6.98. The van der Waals surface area contributed by atoms with E-state index < -0.39 is 10.0 Å². The number of benzene rings is 1. The van der Waals surface area contributed by atoms with Gasteiger partial charge in [0.25, 0.3) is 0 Å². The Morgan fingerprint density at radius 2 is 1.88 bits per heavy atom. The highest BCUT2D eigenvalue weighted by molar-refractivity contribution is 7.89. The second kappa shape index (κ2) is 6.81. The number of rotatable bonds is 6. The van der Waals surface area contributed by atoms with E-state index >= 15 is 0 Å². The standard InChI is InChI=1S/C19H25NO3S/c1-3-4-5-6-17-18-13-20(12-15(18)11-19(17)21)24(22,23)16-9-7-14(2)8-10-16/h7-10,15H,3-6,11-13H2,1-2H3/t15-/m1/s1. The lowest BCUT2D eigenvalue weighted by Gasteiger charge is -2.17. The maximum atomic E-state index is 12.8. The van der Waals surface area contributed by atoms with Crippen LogP contribution in [-0.4, -0.2) is 31.6 Å². The number of Topliss-reactive ketones (excluding diaryl/α,β-unsaturated/α-hetero) is 1. The molecular formula is C19H25NO3S. The van der Waals surface area contributed by atoms with Gasteiger partial charge in [0.1, 0.15) is 0 Å². The number of allylic oxidation sites excluding steroid dienone is 1. The summed E-state index contributed by atoms with van der Waals surface area (Å²) in [5, 5.41) is 0. The number of hydrogen-bond donors (Lipinski definition) is 0. The van der Waals surface area contributed by atoms with Crippen molar-refractivity contribution < 1.29 is 13.2 Å². The van der Waals surface area contributed by atoms with Crippen molar-refractivity contribution in [2.45, 2.75) is 50.8 Å². The molecule has 0 spiro atoms. The van der Waals surface area contributed by atoms with E-state index in [4.69, 9.17) is 0 Å². The minimum atomic E-state index is -3.48. The van der Waals surface area contributed by atoms with Crippen LogP contribution in [-0.2, 0) is 14.8 Å².